The van der Waals surface area contributed by atoms with Crippen LogP contribution in [0.3, 0.4) is 0 Å². The Morgan fingerprint density at radius 1 is 1.17 bits per heavy atom. The van der Waals surface area contributed by atoms with Crippen molar-refractivity contribution in [1.82, 2.24) is 0 Å². The van der Waals surface area contributed by atoms with Crippen LogP contribution in [0, 0.1) is 11.3 Å². The third kappa shape index (κ3) is 4.13. The Morgan fingerprint density at radius 3 is 2.52 bits per heavy atom. The van der Waals surface area contributed by atoms with E-state index < -0.39 is 17.8 Å². The fraction of sp³-hybridized carbons (Fsp3) is 0.143. The van der Waals surface area contributed by atoms with Gasteiger partial charge >= 0.3 is 5.97 Å². The van der Waals surface area contributed by atoms with Crippen LogP contribution in [0.2, 0.25) is 5.02 Å². The van der Waals surface area contributed by atoms with Crippen molar-refractivity contribution in [3.05, 3.63) is 64.7 Å². The molecule has 0 aromatic heterocycles. The van der Waals surface area contributed by atoms with Crippen molar-refractivity contribution in [2.24, 2.45) is 0 Å². The van der Waals surface area contributed by atoms with E-state index in [9.17, 15) is 19.6 Å². The molecule has 1 N–H and O–H groups in total. The predicted octanol–water partition coefficient (Wildman–Crippen LogP) is 3.17. The van der Waals surface area contributed by atoms with Gasteiger partial charge < -0.3 is 10.1 Å². The number of hydrogen-bond donors (Lipinski definition) is 1. The molecule has 1 aliphatic rings. The van der Waals surface area contributed by atoms with Gasteiger partial charge in [0.25, 0.3) is 11.8 Å². The summed E-state index contributed by atoms with van der Waals surface area (Å²) in [4.78, 5) is 38.9. The highest BCUT2D eigenvalue weighted by molar-refractivity contribution is 6.38. The van der Waals surface area contributed by atoms with Crippen LogP contribution in [0.5, 0.6) is 0 Å². The lowest BCUT2D eigenvalue weighted by Crippen LogP contribution is -2.33. The lowest BCUT2D eigenvalue weighted by Gasteiger charge is -2.15. The smallest absolute Gasteiger partial charge is 0.326 e. The Balaban J connectivity index is 1.99. The maximum Gasteiger partial charge on any atom is 0.326 e. The number of anilines is 2. The number of nitrogens with one attached hydrogen (secondary N) is 1. The average Bonchev–Trinajstić information content (AvgIpc) is 2.97. The van der Waals surface area contributed by atoms with Gasteiger partial charge in [-0.15, -0.1) is 0 Å². The van der Waals surface area contributed by atoms with Crippen molar-refractivity contribution >= 4 is 46.3 Å². The van der Waals surface area contributed by atoms with Crippen LogP contribution in [0.4, 0.5) is 11.4 Å². The molecule has 29 heavy (non-hydrogen) atoms. The third-order valence-electron chi connectivity index (χ3n) is 4.21. The number of esters is 1. The summed E-state index contributed by atoms with van der Waals surface area (Å²) in [5, 5.41) is 12.7. The average molecular weight is 410 g/mol. The highest BCUT2D eigenvalue weighted by atomic mass is 35.5. The molecule has 1 aliphatic heterocycles. The van der Waals surface area contributed by atoms with Gasteiger partial charge in [-0.1, -0.05) is 29.8 Å². The first-order valence-corrected chi connectivity index (χ1v) is 9.12. The molecule has 0 radical (unpaired) electrons. The van der Waals surface area contributed by atoms with Gasteiger partial charge in [0.15, 0.2) is 0 Å². The van der Waals surface area contributed by atoms with Crippen LogP contribution in [-0.4, -0.2) is 30.9 Å². The number of hydrogen-bond acceptors (Lipinski definition) is 5. The molecule has 0 saturated heterocycles. The minimum atomic E-state index is -0.731. The van der Waals surface area contributed by atoms with Crippen LogP contribution < -0.4 is 10.2 Å². The van der Waals surface area contributed by atoms with Crippen molar-refractivity contribution in [3.63, 3.8) is 0 Å². The fourth-order valence-electron chi connectivity index (χ4n) is 2.96. The van der Waals surface area contributed by atoms with E-state index in [-0.39, 0.29) is 24.3 Å². The number of carbonyl (C=O) groups excluding carboxylic acids is 3. The van der Waals surface area contributed by atoms with E-state index in [2.05, 4.69) is 5.32 Å². The second kappa shape index (κ2) is 8.59. The van der Waals surface area contributed by atoms with Gasteiger partial charge in [-0.2, -0.15) is 5.26 Å². The molecule has 0 atom stereocenters. The lowest BCUT2D eigenvalue weighted by molar-refractivity contribution is -0.142. The molecule has 0 aliphatic carbocycles. The Morgan fingerprint density at radius 2 is 1.86 bits per heavy atom. The Hall–Kier alpha value is -3.63. The number of amides is 2. The Kier molecular flexibility index (Phi) is 5.96. The topological polar surface area (TPSA) is 99.5 Å². The first kappa shape index (κ1) is 20.1. The summed E-state index contributed by atoms with van der Waals surface area (Å²) < 4.78 is 4.92. The van der Waals surface area contributed by atoms with Crippen molar-refractivity contribution in [2.45, 2.75) is 6.92 Å². The standard InChI is InChI=1S/C21H16ClN3O4/c1-2-29-18(26)12-25-17-6-4-3-5-15(17)19(21(25)28)16(11-23)20(27)24-14-9-7-13(22)8-10-14/h3-10H,2,12H2,1H3,(H,24,27)/b19-16+. The zero-order valence-corrected chi connectivity index (χ0v) is 16.2. The molecule has 2 aromatic rings. The lowest BCUT2D eigenvalue weighted by atomic mass is 10.0. The predicted molar refractivity (Wildman–Crippen MR) is 108 cm³/mol. The second-order valence-corrected chi connectivity index (χ2v) is 6.47. The van der Waals surface area contributed by atoms with Gasteiger partial charge in [0.05, 0.1) is 17.9 Å². The van der Waals surface area contributed by atoms with Crippen molar-refractivity contribution in [3.8, 4) is 6.07 Å². The van der Waals surface area contributed by atoms with Crippen LogP contribution in [0.15, 0.2) is 54.1 Å². The minimum absolute atomic E-state index is 0.0566. The maximum absolute atomic E-state index is 13.0. The van der Waals surface area contributed by atoms with E-state index in [1.807, 2.05) is 6.07 Å². The normalized spacial score (nSPS) is 14.1. The molecule has 0 saturated carbocycles. The number of carbonyl (C=O) groups is 3. The molecule has 2 amide bonds. The second-order valence-electron chi connectivity index (χ2n) is 6.04. The summed E-state index contributed by atoms with van der Waals surface area (Å²) in [6.45, 7) is 1.53. The van der Waals surface area contributed by atoms with Crippen LogP contribution in [-0.2, 0) is 19.1 Å². The number of benzene rings is 2. The molecule has 0 bridgehead atoms. The van der Waals surface area contributed by atoms with E-state index in [0.29, 0.717) is 22.0 Å². The third-order valence-corrected chi connectivity index (χ3v) is 4.46. The van der Waals surface area contributed by atoms with Crippen LogP contribution in [0.1, 0.15) is 12.5 Å². The molecule has 146 valence electrons. The summed E-state index contributed by atoms with van der Waals surface area (Å²) in [5.41, 5.74) is 0.870. The number of nitriles is 1. The Labute approximate surface area is 172 Å². The quantitative estimate of drug-likeness (QED) is 0.464. The van der Waals surface area contributed by atoms with Gasteiger partial charge in [-0.25, -0.2) is 0 Å². The number of halogens is 1. The van der Waals surface area contributed by atoms with E-state index >= 15 is 0 Å². The summed E-state index contributed by atoms with van der Waals surface area (Å²) in [7, 11) is 0. The highest BCUT2D eigenvalue weighted by Gasteiger charge is 2.37. The summed E-state index contributed by atoms with van der Waals surface area (Å²) in [5.74, 6) is -1.92. The summed E-state index contributed by atoms with van der Waals surface area (Å²) in [6, 6.07) is 14.8. The molecular formula is C21H16ClN3O4. The van der Waals surface area contributed by atoms with Crippen LogP contribution >= 0.6 is 11.6 Å². The summed E-state index contributed by atoms with van der Waals surface area (Å²) in [6.07, 6.45) is 0. The van der Waals surface area contributed by atoms with Gasteiger partial charge in [0.2, 0.25) is 0 Å². The van der Waals surface area contributed by atoms with Crippen molar-refractivity contribution in [2.75, 3.05) is 23.4 Å². The Bertz CT molecular complexity index is 1050. The molecule has 3 rings (SSSR count). The number of fused-ring (bicyclic) bond motifs is 1. The van der Waals surface area contributed by atoms with E-state index in [4.69, 9.17) is 16.3 Å². The first-order valence-electron chi connectivity index (χ1n) is 8.74. The molecule has 7 nitrogen and oxygen atoms in total. The summed E-state index contributed by atoms with van der Waals surface area (Å²) >= 11 is 5.83. The number of para-hydroxylation sites is 1. The first-order chi connectivity index (χ1) is 14.0. The highest BCUT2D eigenvalue weighted by Crippen LogP contribution is 2.38. The molecule has 0 fully saturated rings. The van der Waals surface area contributed by atoms with Gasteiger partial charge in [-0.3, -0.25) is 19.3 Å². The largest absolute Gasteiger partial charge is 0.465 e. The number of nitrogens with zero attached hydrogens (tertiary/aromatic N) is 2. The van der Waals surface area contributed by atoms with Gasteiger partial charge in [-0.05, 0) is 37.3 Å². The van der Waals surface area contributed by atoms with Gasteiger partial charge in [0, 0.05) is 16.3 Å². The molecule has 0 unspecified atom stereocenters. The maximum atomic E-state index is 13.0. The molecular weight excluding hydrogens is 394 g/mol. The monoisotopic (exact) mass is 409 g/mol. The SMILES string of the molecule is CCOC(=O)CN1C(=O)/C(=C(\C#N)C(=O)Nc2ccc(Cl)cc2)c2ccccc21. The van der Waals surface area contributed by atoms with Crippen LogP contribution in [0.25, 0.3) is 5.57 Å². The van der Waals surface area contributed by atoms with Crippen molar-refractivity contribution < 1.29 is 19.1 Å². The van der Waals surface area contributed by atoms with E-state index in [1.54, 1.807) is 55.5 Å². The minimum Gasteiger partial charge on any atom is -0.465 e. The van der Waals surface area contributed by atoms with Gasteiger partial charge in [0.1, 0.15) is 18.2 Å². The zero-order valence-electron chi connectivity index (χ0n) is 15.4. The fourth-order valence-corrected chi connectivity index (χ4v) is 3.09. The number of rotatable bonds is 5. The van der Waals surface area contributed by atoms with E-state index in [0.717, 1.165) is 0 Å². The van der Waals surface area contributed by atoms with E-state index in [1.165, 1.54) is 4.90 Å². The number of ether oxygens (including phenoxy) is 1. The molecule has 0 spiro atoms. The zero-order chi connectivity index (χ0) is 21.0. The molecule has 1 heterocycles. The molecule has 8 heteroatoms. The van der Waals surface area contributed by atoms with Crippen molar-refractivity contribution in [1.29, 1.82) is 5.26 Å². The molecule has 2 aromatic carbocycles.